The summed E-state index contributed by atoms with van der Waals surface area (Å²) in [6, 6.07) is 13.1. The molecule has 0 aliphatic carbocycles. The average Bonchev–Trinajstić information content (AvgIpc) is 2.47. The number of oxime groups is 1. The molecule has 0 fully saturated rings. The number of amides is 1. The molecule has 0 heterocycles. The third kappa shape index (κ3) is 2.95. The third-order valence-corrected chi connectivity index (χ3v) is 2.82. The Kier molecular flexibility index (Phi) is 4.00. The molecule has 102 valence electrons. The van der Waals surface area contributed by atoms with Crippen LogP contribution in [0.3, 0.4) is 0 Å². The van der Waals surface area contributed by atoms with Gasteiger partial charge >= 0.3 is 0 Å². The molecule has 20 heavy (non-hydrogen) atoms. The highest BCUT2D eigenvalue weighted by Gasteiger charge is 2.11. The van der Waals surface area contributed by atoms with Gasteiger partial charge < -0.3 is 15.6 Å². The maximum atomic E-state index is 12.1. The van der Waals surface area contributed by atoms with Crippen LogP contribution in [-0.4, -0.2) is 21.9 Å². The van der Waals surface area contributed by atoms with E-state index < -0.39 is 0 Å². The molecule has 3 N–H and O–H groups in total. The van der Waals surface area contributed by atoms with Crippen molar-refractivity contribution in [2.24, 2.45) is 5.16 Å². The van der Waals surface area contributed by atoms with Gasteiger partial charge in [0, 0.05) is 11.1 Å². The van der Waals surface area contributed by atoms with E-state index in [0.717, 1.165) is 0 Å². The summed E-state index contributed by atoms with van der Waals surface area (Å²) in [5.74, 6) is -0.321. The standard InChI is InChI=1S/C15H14N2O3/c1-10(17-20)13-7-2-3-8-14(13)16-15(19)11-5-4-6-12(18)9-11/h2-9,18,20H,1H3,(H,16,19)/b17-10+. The van der Waals surface area contributed by atoms with Crippen molar-refractivity contribution in [2.45, 2.75) is 6.92 Å². The number of benzene rings is 2. The maximum Gasteiger partial charge on any atom is 0.255 e. The molecule has 2 aromatic carbocycles. The minimum absolute atomic E-state index is 0.0269. The van der Waals surface area contributed by atoms with Crippen molar-refractivity contribution < 1.29 is 15.1 Å². The average molecular weight is 270 g/mol. The minimum Gasteiger partial charge on any atom is -0.508 e. The van der Waals surface area contributed by atoms with Crippen molar-refractivity contribution in [2.75, 3.05) is 5.32 Å². The predicted molar refractivity (Wildman–Crippen MR) is 76.5 cm³/mol. The highest BCUT2D eigenvalue weighted by Crippen LogP contribution is 2.18. The smallest absolute Gasteiger partial charge is 0.255 e. The first-order chi connectivity index (χ1) is 9.61. The van der Waals surface area contributed by atoms with E-state index in [1.807, 2.05) is 0 Å². The second-order valence-corrected chi connectivity index (χ2v) is 4.24. The normalized spacial score (nSPS) is 11.2. The highest BCUT2D eigenvalue weighted by atomic mass is 16.4. The number of para-hydroxylation sites is 1. The number of aromatic hydroxyl groups is 1. The lowest BCUT2D eigenvalue weighted by atomic mass is 10.1. The molecule has 0 radical (unpaired) electrons. The fourth-order valence-corrected chi connectivity index (χ4v) is 1.80. The Bertz CT molecular complexity index is 666. The number of nitrogens with one attached hydrogen (secondary N) is 1. The van der Waals surface area contributed by atoms with Gasteiger partial charge in [-0.05, 0) is 31.2 Å². The van der Waals surface area contributed by atoms with E-state index in [-0.39, 0.29) is 11.7 Å². The Morgan fingerprint density at radius 3 is 2.60 bits per heavy atom. The molecule has 0 aliphatic rings. The summed E-state index contributed by atoms with van der Waals surface area (Å²) >= 11 is 0. The zero-order chi connectivity index (χ0) is 14.5. The van der Waals surface area contributed by atoms with Crippen molar-refractivity contribution in [3.05, 3.63) is 59.7 Å². The molecule has 2 aromatic rings. The molecule has 5 nitrogen and oxygen atoms in total. The van der Waals surface area contributed by atoms with E-state index in [0.29, 0.717) is 22.5 Å². The van der Waals surface area contributed by atoms with Gasteiger partial charge in [-0.25, -0.2) is 0 Å². The van der Waals surface area contributed by atoms with Crippen molar-refractivity contribution in [1.82, 2.24) is 0 Å². The second-order valence-electron chi connectivity index (χ2n) is 4.24. The Hall–Kier alpha value is -2.82. The van der Waals surface area contributed by atoms with Gasteiger partial charge in [-0.2, -0.15) is 0 Å². The van der Waals surface area contributed by atoms with Gasteiger partial charge in [0.2, 0.25) is 0 Å². The van der Waals surface area contributed by atoms with Crippen LogP contribution < -0.4 is 5.32 Å². The second kappa shape index (κ2) is 5.88. The SMILES string of the molecule is C/C(=N\O)c1ccccc1NC(=O)c1cccc(O)c1. The predicted octanol–water partition coefficient (Wildman–Crippen LogP) is 2.84. The summed E-state index contributed by atoms with van der Waals surface area (Å²) in [4.78, 5) is 12.1. The number of hydrogen-bond donors (Lipinski definition) is 3. The number of anilines is 1. The van der Waals surface area contributed by atoms with Crippen LogP contribution in [-0.2, 0) is 0 Å². The van der Waals surface area contributed by atoms with Crippen molar-refractivity contribution in [1.29, 1.82) is 0 Å². The first kappa shape index (κ1) is 13.6. The van der Waals surface area contributed by atoms with Gasteiger partial charge in [0.15, 0.2) is 0 Å². The Balaban J connectivity index is 2.29. The number of phenolic OH excluding ortho intramolecular Hbond substituents is 1. The van der Waals surface area contributed by atoms with Crippen LogP contribution in [0.4, 0.5) is 5.69 Å². The molecule has 1 amide bonds. The van der Waals surface area contributed by atoms with E-state index in [9.17, 15) is 9.90 Å². The first-order valence-electron chi connectivity index (χ1n) is 6.00. The molecule has 0 bridgehead atoms. The van der Waals surface area contributed by atoms with E-state index in [1.165, 1.54) is 12.1 Å². The summed E-state index contributed by atoms with van der Waals surface area (Å²) in [5, 5.41) is 24.1. The fourth-order valence-electron chi connectivity index (χ4n) is 1.80. The summed E-state index contributed by atoms with van der Waals surface area (Å²) in [5.41, 5.74) is 1.91. The largest absolute Gasteiger partial charge is 0.508 e. The van der Waals surface area contributed by atoms with E-state index in [1.54, 1.807) is 43.3 Å². The van der Waals surface area contributed by atoms with Crippen LogP contribution in [0.5, 0.6) is 5.75 Å². The Labute approximate surface area is 116 Å². The maximum absolute atomic E-state index is 12.1. The van der Waals surface area contributed by atoms with Gasteiger partial charge in [0.1, 0.15) is 5.75 Å². The summed E-state index contributed by atoms with van der Waals surface area (Å²) in [6.45, 7) is 1.64. The molecule has 0 atom stereocenters. The number of carbonyl (C=O) groups excluding carboxylic acids is 1. The molecule has 5 heteroatoms. The zero-order valence-electron chi connectivity index (χ0n) is 10.9. The number of rotatable bonds is 3. The molecule has 2 rings (SSSR count). The van der Waals surface area contributed by atoms with Crippen LogP contribution >= 0.6 is 0 Å². The van der Waals surface area contributed by atoms with Crippen LogP contribution in [0.25, 0.3) is 0 Å². The summed E-state index contributed by atoms with van der Waals surface area (Å²) in [7, 11) is 0. The van der Waals surface area contributed by atoms with Gasteiger partial charge in [0.05, 0.1) is 11.4 Å². The first-order valence-corrected chi connectivity index (χ1v) is 6.00. The van der Waals surface area contributed by atoms with Crippen molar-refractivity contribution in [3.8, 4) is 5.75 Å². The summed E-state index contributed by atoms with van der Waals surface area (Å²) in [6.07, 6.45) is 0. The van der Waals surface area contributed by atoms with E-state index >= 15 is 0 Å². The lowest BCUT2D eigenvalue weighted by molar-refractivity contribution is 0.102. The Morgan fingerprint density at radius 1 is 1.15 bits per heavy atom. The minimum atomic E-state index is -0.348. The molecule has 0 unspecified atom stereocenters. The monoisotopic (exact) mass is 270 g/mol. The number of carbonyl (C=O) groups is 1. The van der Waals surface area contributed by atoms with Crippen LogP contribution in [0, 0.1) is 0 Å². The van der Waals surface area contributed by atoms with Gasteiger partial charge in [0.25, 0.3) is 5.91 Å². The van der Waals surface area contributed by atoms with Crippen molar-refractivity contribution in [3.63, 3.8) is 0 Å². The number of nitrogens with zero attached hydrogens (tertiary/aromatic N) is 1. The topological polar surface area (TPSA) is 81.9 Å². The quantitative estimate of drug-likeness (QED) is 0.455. The van der Waals surface area contributed by atoms with Crippen molar-refractivity contribution >= 4 is 17.3 Å². The molecular weight excluding hydrogens is 256 g/mol. The molecule has 0 aromatic heterocycles. The van der Waals surface area contributed by atoms with E-state index in [2.05, 4.69) is 10.5 Å². The summed E-state index contributed by atoms with van der Waals surface area (Å²) < 4.78 is 0. The van der Waals surface area contributed by atoms with Gasteiger partial charge in [-0.3, -0.25) is 4.79 Å². The highest BCUT2D eigenvalue weighted by molar-refractivity contribution is 6.10. The molecule has 0 saturated heterocycles. The number of hydrogen-bond acceptors (Lipinski definition) is 4. The van der Waals surface area contributed by atoms with Gasteiger partial charge in [-0.1, -0.05) is 29.4 Å². The number of phenols is 1. The van der Waals surface area contributed by atoms with E-state index in [4.69, 9.17) is 5.21 Å². The zero-order valence-corrected chi connectivity index (χ0v) is 10.9. The molecular formula is C15H14N2O3. The molecule has 0 spiro atoms. The fraction of sp³-hybridized carbons (Fsp3) is 0.0667. The molecule has 0 aliphatic heterocycles. The Morgan fingerprint density at radius 2 is 1.90 bits per heavy atom. The molecule has 0 saturated carbocycles. The van der Waals surface area contributed by atoms with Crippen LogP contribution in [0.1, 0.15) is 22.8 Å². The van der Waals surface area contributed by atoms with Crippen LogP contribution in [0.15, 0.2) is 53.7 Å². The third-order valence-electron chi connectivity index (χ3n) is 2.82. The lowest BCUT2D eigenvalue weighted by Gasteiger charge is -2.10. The van der Waals surface area contributed by atoms with Crippen LogP contribution in [0.2, 0.25) is 0 Å². The van der Waals surface area contributed by atoms with Gasteiger partial charge in [-0.15, -0.1) is 0 Å². The lowest BCUT2D eigenvalue weighted by Crippen LogP contribution is -2.14.